The van der Waals surface area contributed by atoms with Crippen molar-refractivity contribution >= 4 is 39.5 Å². The second kappa shape index (κ2) is 8.27. The smallest absolute Gasteiger partial charge is 0.224 e. The SMILES string of the molecule is COc1ccc(C)cc1NC(=O)CCc1csc2nc(-c3ccc(Cl)cc3)cn12. The van der Waals surface area contributed by atoms with Gasteiger partial charge in [-0.05, 0) is 43.2 Å². The molecule has 0 radical (unpaired) electrons. The fraction of sp³-hybridized carbons (Fsp3) is 0.182. The Morgan fingerprint density at radius 3 is 2.79 bits per heavy atom. The topological polar surface area (TPSA) is 55.6 Å². The highest BCUT2D eigenvalue weighted by molar-refractivity contribution is 7.15. The highest BCUT2D eigenvalue weighted by atomic mass is 35.5. The van der Waals surface area contributed by atoms with E-state index in [0.29, 0.717) is 29.3 Å². The molecule has 4 rings (SSSR count). The number of amides is 1. The summed E-state index contributed by atoms with van der Waals surface area (Å²) in [7, 11) is 1.60. The number of nitrogens with zero attached hydrogens (tertiary/aromatic N) is 2. The van der Waals surface area contributed by atoms with E-state index in [4.69, 9.17) is 16.3 Å². The summed E-state index contributed by atoms with van der Waals surface area (Å²) in [6, 6.07) is 13.3. The number of imidazole rings is 1. The van der Waals surface area contributed by atoms with E-state index in [-0.39, 0.29) is 5.91 Å². The first-order valence-electron chi connectivity index (χ1n) is 9.19. The summed E-state index contributed by atoms with van der Waals surface area (Å²) in [6.45, 7) is 1.98. The Balaban J connectivity index is 1.46. The lowest BCUT2D eigenvalue weighted by atomic mass is 10.2. The molecule has 0 aliphatic carbocycles. The molecule has 2 aromatic carbocycles. The first-order valence-corrected chi connectivity index (χ1v) is 10.4. The second-order valence-corrected chi connectivity index (χ2v) is 8.04. The number of aryl methyl sites for hydroxylation is 2. The maximum atomic E-state index is 12.5. The number of rotatable bonds is 6. The van der Waals surface area contributed by atoms with E-state index in [1.807, 2.05) is 55.6 Å². The Labute approximate surface area is 177 Å². The van der Waals surface area contributed by atoms with Crippen molar-refractivity contribution < 1.29 is 9.53 Å². The molecule has 1 N–H and O–H groups in total. The summed E-state index contributed by atoms with van der Waals surface area (Å²) in [5.41, 5.74) is 4.72. The van der Waals surface area contributed by atoms with Gasteiger partial charge in [0.15, 0.2) is 4.96 Å². The van der Waals surface area contributed by atoms with Gasteiger partial charge in [0.2, 0.25) is 5.91 Å². The average molecular weight is 426 g/mol. The third kappa shape index (κ3) is 4.28. The molecular formula is C22H20ClN3O2S. The number of aromatic nitrogens is 2. The first kappa shape index (κ1) is 19.5. The number of ether oxygens (including phenoxy) is 1. The Bertz CT molecular complexity index is 1160. The highest BCUT2D eigenvalue weighted by Crippen LogP contribution is 2.27. The zero-order chi connectivity index (χ0) is 20.4. The van der Waals surface area contributed by atoms with E-state index in [9.17, 15) is 4.79 Å². The van der Waals surface area contributed by atoms with E-state index in [1.54, 1.807) is 18.4 Å². The quantitative estimate of drug-likeness (QED) is 0.437. The number of benzene rings is 2. The zero-order valence-corrected chi connectivity index (χ0v) is 17.7. The van der Waals surface area contributed by atoms with E-state index in [0.717, 1.165) is 27.5 Å². The van der Waals surface area contributed by atoms with Gasteiger partial charge in [-0.25, -0.2) is 4.98 Å². The summed E-state index contributed by atoms with van der Waals surface area (Å²) in [4.78, 5) is 18.1. The predicted molar refractivity (Wildman–Crippen MR) is 118 cm³/mol. The lowest BCUT2D eigenvalue weighted by molar-refractivity contribution is -0.116. The van der Waals surface area contributed by atoms with Crippen molar-refractivity contribution in [2.45, 2.75) is 19.8 Å². The molecule has 2 heterocycles. The van der Waals surface area contributed by atoms with Gasteiger partial charge >= 0.3 is 0 Å². The molecule has 0 saturated carbocycles. The van der Waals surface area contributed by atoms with Gasteiger partial charge in [0.05, 0.1) is 18.5 Å². The standard InChI is InChI=1S/C22H20ClN3O2S/c1-14-3-9-20(28-2)18(11-14)24-21(27)10-8-17-13-29-22-25-19(12-26(17)22)15-4-6-16(23)7-5-15/h3-7,9,11-13H,8,10H2,1-2H3,(H,24,27). The van der Waals surface area contributed by atoms with Crippen LogP contribution in [0.3, 0.4) is 0 Å². The molecule has 0 aliphatic heterocycles. The molecule has 1 amide bonds. The largest absolute Gasteiger partial charge is 0.495 e. The maximum Gasteiger partial charge on any atom is 0.224 e. The number of anilines is 1. The van der Waals surface area contributed by atoms with Gasteiger partial charge in [-0.2, -0.15) is 0 Å². The molecule has 0 saturated heterocycles. The van der Waals surface area contributed by atoms with Crippen LogP contribution in [-0.2, 0) is 11.2 Å². The number of hydrogen-bond donors (Lipinski definition) is 1. The number of nitrogens with one attached hydrogen (secondary N) is 1. The summed E-state index contributed by atoms with van der Waals surface area (Å²) >= 11 is 7.54. The molecule has 5 nitrogen and oxygen atoms in total. The van der Waals surface area contributed by atoms with E-state index in [1.165, 1.54) is 0 Å². The van der Waals surface area contributed by atoms with Crippen molar-refractivity contribution in [2.24, 2.45) is 0 Å². The third-order valence-electron chi connectivity index (χ3n) is 4.66. The molecule has 0 fully saturated rings. The minimum Gasteiger partial charge on any atom is -0.495 e. The number of fused-ring (bicyclic) bond motifs is 1. The number of carbonyl (C=O) groups is 1. The Morgan fingerprint density at radius 2 is 2.03 bits per heavy atom. The number of methoxy groups -OCH3 is 1. The number of carbonyl (C=O) groups excluding carboxylic acids is 1. The van der Waals surface area contributed by atoms with Crippen LogP contribution in [0.4, 0.5) is 5.69 Å². The second-order valence-electron chi connectivity index (χ2n) is 6.76. The monoisotopic (exact) mass is 425 g/mol. The molecule has 0 unspecified atom stereocenters. The van der Waals surface area contributed by atoms with Gasteiger partial charge in [-0.3, -0.25) is 9.20 Å². The van der Waals surface area contributed by atoms with Crippen molar-refractivity contribution in [1.82, 2.24) is 9.38 Å². The molecule has 0 spiro atoms. The number of hydrogen-bond acceptors (Lipinski definition) is 4. The molecule has 0 atom stereocenters. The van der Waals surface area contributed by atoms with Gasteiger partial charge in [0.1, 0.15) is 5.75 Å². The van der Waals surface area contributed by atoms with Crippen LogP contribution in [0, 0.1) is 6.92 Å². The maximum absolute atomic E-state index is 12.5. The van der Waals surface area contributed by atoms with Crippen molar-refractivity contribution in [1.29, 1.82) is 0 Å². The van der Waals surface area contributed by atoms with Crippen LogP contribution in [0.2, 0.25) is 5.02 Å². The zero-order valence-electron chi connectivity index (χ0n) is 16.1. The average Bonchev–Trinajstić information content (AvgIpc) is 3.28. The summed E-state index contributed by atoms with van der Waals surface area (Å²) < 4.78 is 7.38. The molecule has 7 heteroatoms. The van der Waals surface area contributed by atoms with Gasteiger partial charge in [0.25, 0.3) is 0 Å². The van der Waals surface area contributed by atoms with Gasteiger partial charge in [-0.1, -0.05) is 29.8 Å². The first-order chi connectivity index (χ1) is 14.0. The molecule has 0 aliphatic rings. The molecule has 4 aromatic rings. The number of thiazole rings is 1. The molecule has 29 heavy (non-hydrogen) atoms. The van der Waals surface area contributed by atoms with Crippen LogP contribution in [0.1, 0.15) is 17.7 Å². The van der Waals surface area contributed by atoms with Crippen LogP contribution < -0.4 is 10.1 Å². The van der Waals surface area contributed by atoms with Gasteiger partial charge in [-0.15, -0.1) is 11.3 Å². The summed E-state index contributed by atoms with van der Waals surface area (Å²) in [6.07, 6.45) is 3.00. The molecule has 2 aromatic heterocycles. The van der Waals surface area contributed by atoms with Crippen LogP contribution >= 0.6 is 22.9 Å². The highest BCUT2D eigenvalue weighted by Gasteiger charge is 2.12. The van der Waals surface area contributed by atoms with Gasteiger partial charge < -0.3 is 10.1 Å². The summed E-state index contributed by atoms with van der Waals surface area (Å²) in [5.74, 6) is 0.607. The summed E-state index contributed by atoms with van der Waals surface area (Å²) in [5, 5.41) is 5.70. The minimum absolute atomic E-state index is 0.0497. The van der Waals surface area contributed by atoms with Crippen molar-refractivity contribution in [2.75, 3.05) is 12.4 Å². The van der Waals surface area contributed by atoms with Gasteiger partial charge in [0, 0.05) is 34.3 Å². The van der Waals surface area contributed by atoms with E-state index in [2.05, 4.69) is 20.1 Å². The van der Waals surface area contributed by atoms with E-state index >= 15 is 0 Å². The predicted octanol–water partition coefficient (Wildman–Crippen LogP) is 5.60. The van der Waals surface area contributed by atoms with Crippen molar-refractivity contribution in [3.63, 3.8) is 0 Å². The molecule has 0 bridgehead atoms. The molecule has 148 valence electrons. The van der Waals surface area contributed by atoms with Crippen LogP contribution in [0.5, 0.6) is 5.75 Å². The van der Waals surface area contributed by atoms with Crippen LogP contribution in [-0.4, -0.2) is 22.4 Å². The van der Waals surface area contributed by atoms with E-state index < -0.39 is 0 Å². The number of halogens is 1. The fourth-order valence-corrected chi connectivity index (χ4v) is 4.18. The third-order valence-corrected chi connectivity index (χ3v) is 5.80. The Hall–Kier alpha value is -2.83. The fourth-order valence-electron chi connectivity index (χ4n) is 3.14. The normalized spacial score (nSPS) is 11.0. The minimum atomic E-state index is -0.0497. The van der Waals surface area contributed by atoms with Crippen LogP contribution in [0.15, 0.2) is 54.0 Å². The Kier molecular flexibility index (Phi) is 5.56. The lowest BCUT2D eigenvalue weighted by Crippen LogP contribution is -2.13. The van der Waals surface area contributed by atoms with Crippen molar-refractivity contribution in [3.8, 4) is 17.0 Å². The lowest BCUT2D eigenvalue weighted by Gasteiger charge is -2.11. The molecular weight excluding hydrogens is 406 g/mol. The van der Waals surface area contributed by atoms with Crippen LogP contribution in [0.25, 0.3) is 16.2 Å². The Morgan fingerprint density at radius 1 is 1.24 bits per heavy atom. The van der Waals surface area contributed by atoms with Crippen molar-refractivity contribution in [3.05, 3.63) is 70.3 Å².